The van der Waals surface area contributed by atoms with Crippen LogP contribution in [0.25, 0.3) is 11.4 Å². The summed E-state index contributed by atoms with van der Waals surface area (Å²) in [5.41, 5.74) is 7.62. The molecular weight excluding hydrogens is 318 g/mol. The van der Waals surface area contributed by atoms with Crippen LogP contribution in [-0.4, -0.2) is 20.2 Å². The lowest BCUT2D eigenvalue weighted by Gasteiger charge is -2.22. The van der Waals surface area contributed by atoms with Crippen LogP contribution in [0.3, 0.4) is 0 Å². The third kappa shape index (κ3) is 1.93. The molecule has 0 saturated heterocycles. The highest BCUT2D eigenvalue weighted by molar-refractivity contribution is 9.10. The number of halogens is 1. The third-order valence-corrected chi connectivity index (χ3v) is 5.14. The highest BCUT2D eigenvalue weighted by Crippen LogP contribution is 2.51. The van der Waals surface area contributed by atoms with E-state index >= 15 is 0 Å². The van der Waals surface area contributed by atoms with Gasteiger partial charge in [-0.2, -0.15) is 0 Å². The SMILES string of the molecule is Nc1cc(Br)cc(-c2nnnn2C2CC3CCC2C3)c1. The first kappa shape index (κ1) is 12.3. The highest BCUT2D eigenvalue weighted by atomic mass is 79.9. The molecule has 2 aliphatic carbocycles. The van der Waals surface area contributed by atoms with Crippen molar-refractivity contribution in [1.29, 1.82) is 0 Å². The molecule has 0 spiro atoms. The van der Waals surface area contributed by atoms with E-state index in [0.29, 0.717) is 6.04 Å². The van der Waals surface area contributed by atoms with E-state index in [1.165, 1.54) is 25.7 Å². The van der Waals surface area contributed by atoms with E-state index in [9.17, 15) is 0 Å². The first-order chi connectivity index (χ1) is 9.70. The van der Waals surface area contributed by atoms with Gasteiger partial charge in [0, 0.05) is 15.7 Å². The van der Waals surface area contributed by atoms with Crippen molar-refractivity contribution in [2.75, 3.05) is 5.73 Å². The van der Waals surface area contributed by atoms with Crippen LogP contribution in [0.5, 0.6) is 0 Å². The smallest absolute Gasteiger partial charge is 0.182 e. The van der Waals surface area contributed by atoms with Crippen LogP contribution in [0.1, 0.15) is 31.7 Å². The van der Waals surface area contributed by atoms with E-state index in [-0.39, 0.29) is 0 Å². The second-order valence-electron chi connectivity index (χ2n) is 5.96. The molecule has 2 aromatic rings. The maximum absolute atomic E-state index is 5.92. The number of nitrogen functional groups attached to an aromatic ring is 1. The fourth-order valence-corrected chi connectivity index (χ4v) is 4.37. The summed E-state index contributed by atoms with van der Waals surface area (Å²) >= 11 is 3.48. The maximum atomic E-state index is 5.92. The Balaban J connectivity index is 1.75. The fraction of sp³-hybridized carbons (Fsp3) is 0.500. The Morgan fingerprint density at radius 1 is 1.20 bits per heavy atom. The lowest BCUT2D eigenvalue weighted by Crippen LogP contribution is -2.18. The van der Waals surface area contributed by atoms with Gasteiger partial charge in [0.25, 0.3) is 0 Å². The monoisotopic (exact) mass is 333 g/mol. The van der Waals surface area contributed by atoms with Crippen LogP contribution < -0.4 is 5.73 Å². The Labute approximate surface area is 125 Å². The van der Waals surface area contributed by atoms with Crippen molar-refractivity contribution in [2.45, 2.75) is 31.7 Å². The number of nitrogens with two attached hydrogens (primary N) is 1. The minimum Gasteiger partial charge on any atom is -0.399 e. The van der Waals surface area contributed by atoms with Crippen molar-refractivity contribution in [3.63, 3.8) is 0 Å². The van der Waals surface area contributed by atoms with Crippen LogP contribution in [0, 0.1) is 11.8 Å². The van der Waals surface area contributed by atoms with Crippen LogP contribution in [0.15, 0.2) is 22.7 Å². The number of benzene rings is 1. The van der Waals surface area contributed by atoms with E-state index < -0.39 is 0 Å². The Kier molecular flexibility index (Phi) is 2.80. The molecule has 2 N–H and O–H groups in total. The minimum absolute atomic E-state index is 0.457. The van der Waals surface area contributed by atoms with Gasteiger partial charge < -0.3 is 5.73 Å². The van der Waals surface area contributed by atoms with Crippen molar-refractivity contribution in [3.8, 4) is 11.4 Å². The van der Waals surface area contributed by atoms with Gasteiger partial charge in [-0.15, -0.1) is 5.10 Å². The van der Waals surface area contributed by atoms with Crippen molar-refractivity contribution >= 4 is 21.6 Å². The second kappa shape index (κ2) is 4.55. The van der Waals surface area contributed by atoms with Crippen LogP contribution in [0.2, 0.25) is 0 Å². The minimum atomic E-state index is 0.457. The topological polar surface area (TPSA) is 69.6 Å². The molecule has 20 heavy (non-hydrogen) atoms. The molecule has 0 aliphatic heterocycles. The van der Waals surface area contributed by atoms with Crippen LogP contribution in [-0.2, 0) is 0 Å². The third-order valence-electron chi connectivity index (χ3n) is 4.69. The van der Waals surface area contributed by atoms with Gasteiger partial charge in [-0.05, 0) is 59.7 Å². The van der Waals surface area contributed by atoms with Gasteiger partial charge in [0.2, 0.25) is 0 Å². The summed E-state index contributed by atoms with van der Waals surface area (Å²) in [7, 11) is 0. The molecule has 2 saturated carbocycles. The molecule has 0 radical (unpaired) electrons. The number of anilines is 1. The first-order valence-electron chi connectivity index (χ1n) is 7.05. The molecule has 5 nitrogen and oxygen atoms in total. The predicted molar refractivity (Wildman–Crippen MR) is 79.9 cm³/mol. The largest absolute Gasteiger partial charge is 0.399 e. The van der Waals surface area contributed by atoms with E-state index in [1.807, 2.05) is 22.9 Å². The van der Waals surface area contributed by atoms with Crippen LogP contribution >= 0.6 is 15.9 Å². The summed E-state index contributed by atoms with van der Waals surface area (Å²) in [5.74, 6) is 2.44. The molecule has 2 fully saturated rings. The molecule has 2 aliphatic rings. The van der Waals surface area contributed by atoms with Crippen molar-refractivity contribution in [3.05, 3.63) is 22.7 Å². The summed E-state index contributed by atoms with van der Waals surface area (Å²) in [6.07, 6.45) is 5.24. The number of aromatic nitrogens is 4. The molecule has 1 heterocycles. The van der Waals surface area contributed by atoms with E-state index in [0.717, 1.165) is 33.4 Å². The van der Waals surface area contributed by atoms with Crippen molar-refractivity contribution < 1.29 is 0 Å². The average Bonchev–Trinajstić information content (AvgIpc) is 3.13. The number of hydrogen-bond donors (Lipinski definition) is 1. The van der Waals surface area contributed by atoms with E-state index in [1.54, 1.807) is 0 Å². The summed E-state index contributed by atoms with van der Waals surface area (Å²) in [6, 6.07) is 6.29. The Hall–Kier alpha value is -1.43. The zero-order valence-electron chi connectivity index (χ0n) is 11.0. The highest BCUT2D eigenvalue weighted by Gasteiger charge is 2.42. The van der Waals surface area contributed by atoms with Crippen molar-refractivity contribution in [2.24, 2.45) is 11.8 Å². The molecule has 3 atom stereocenters. The summed E-state index contributed by atoms with van der Waals surface area (Å²) in [5, 5.41) is 12.4. The summed E-state index contributed by atoms with van der Waals surface area (Å²) < 4.78 is 2.97. The zero-order chi connectivity index (χ0) is 13.7. The Morgan fingerprint density at radius 2 is 2.10 bits per heavy atom. The lowest BCUT2D eigenvalue weighted by atomic mass is 9.95. The normalized spacial score (nSPS) is 28.1. The molecule has 6 heteroatoms. The van der Waals surface area contributed by atoms with Gasteiger partial charge in [0.1, 0.15) is 0 Å². The van der Waals surface area contributed by atoms with Crippen LogP contribution in [0.4, 0.5) is 5.69 Å². The molecular formula is C14H16BrN5. The van der Waals surface area contributed by atoms with E-state index in [2.05, 4.69) is 31.5 Å². The lowest BCUT2D eigenvalue weighted by molar-refractivity contribution is 0.304. The zero-order valence-corrected chi connectivity index (χ0v) is 12.6. The van der Waals surface area contributed by atoms with Gasteiger partial charge in [-0.3, -0.25) is 0 Å². The number of hydrogen-bond acceptors (Lipinski definition) is 4. The Morgan fingerprint density at radius 3 is 2.80 bits per heavy atom. The molecule has 0 amide bonds. The first-order valence-corrected chi connectivity index (χ1v) is 7.84. The number of tetrazole rings is 1. The standard InChI is InChI=1S/C14H16BrN5/c15-11-5-10(6-12(16)7-11)14-17-18-19-20(14)13-4-8-1-2-9(13)3-8/h5-9,13H,1-4,16H2. The van der Waals surface area contributed by atoms with Gasteiger partial charge in [-0.25, -0.2) is 4.68 Å². The maximum Gasteiger partial charge on any atom is 0.182 e. The van der Waals surface area contributed by atoms with Crippen molar-refractivity contribution in [1.82, 2.24) is 20.2 Å². The molecule has 104 valence electrons. The molecule has 4 rings (SSSR count). The van der Waals surface area contributed by atoms with Gasteiger partial charge in [0.05, 0.1) is 6.04 Å². The summed E-state index contributed by atoms with van der Waals surface area (Å²) in [6.45, 7) is 0. The number of nitrogens with zero attached hydrogens (tertiary/aromatic N) is 4. The van der Waals surface area contributed by atoms with Gasteiger partial charge in [-0.1, -0.05) is 22.4 Å². The van der Waals surface area contributed by atoms with E-state index in [4.69, 9.17) is 5.73 Å². The molecule has 2 bridgehead atoms. The molecule has 3 unspecified atom stereocenters. The number of rotatable bonds is 2. The number of fused-ring (bicyclic) bond motifs is 2. The van der Waals surface area contributed by atoms with Gasteiger partial charge >= 0.3 is 0 Å². The second-order valence-corrected chi connectivity index (χ2v) is 6.88. The molecule has 1 aromatic heterocycles. The quantitative estimate of drug-likeness (QED) is 0.857. The Bertz CT molecular complexity index is 633. The fourth-order valence-electron chi connectivity index (χ4n) is 3.86. The predicted octanol–water partition coefficient (Wildman–Crippen LogP) is 3.05. The van der Waals surface area contributed by atoms with Gasteiger partial charge in [0.15, 0.2) is 5.82 Å². The summed E-state index contributed by atoms with van der Waals surface area (Å²) in [4.78, 5) is 0. The molecule has 1 aromatic carbocycles. The average molecular weight is 334 g/mol.